The van der Waals surface area contributed by atoms with Crippen molar-refractivity contribution in [1.82, 2.24) is 20.1 Å². The maximum Gasteiger partial charge on any atom is 0.317 e. The Morgan fingerprint density at radius 2 is 1.97 bits per heavy atom. The molecule has 1 aromatic rings. The van der Waals surface area contributed by atoms with Crippen LogP contribution in [0.3, 0.4) is 0 Å². The Kier molecular flexibility index (Phi) is 8.28. The number of carbonyl (C=O) groups is 2. The first-order valence-corrected chi connectivity index (χ1v) is 10.9. The highest BCUT2D eigenvalue weighted by Gasteiger charge is 2.30. The van der Waals surface area contributed by atoms with Crippen molar-refractivity contribution in [1.29, 1.82) is 0 Å². The summed E-state index contributed by atoms with van der Waals surface area (Å²) in [5.41, 5.74) is 0.992. The van der Waals surface area contributed by atoms with Crippen molar-refractivity contribution < 1.29 is 14.3 Å². The second-order valence-corrected chi connectivity index (χ2v) is 8.16. The van der Waals surface area contributed by atoms with E-state index in [9.17, 15) is 9.59 Å². The Labute approximate surface area is 173 Å². The number of pyridine rings is 1. The van der Waals surface area contributed by atoms with E-state index >= 15 is 0 Å². The third-order valence-corrected chi connectivity index (χ3v) is 6.04. The number of hydrogen-bond donors (Lipinski definition) is 1. The van der Waals surface area contributed by atoms with Gasteiger partial charge in [-0.25, -0.2) is 4.79 Å². The van der Waals surface area contributed by atoms with Crippen LogP contribution in [0.1, 0.15) is 50.5 Å². The number of hydrogen-bond acceptors (Lipinski definition) is 4. The molecule has 1 saturated carbocycles. The predicted molar refractivity (Wildman–Crippen MR) is 111 cm³/mol. The van der Waals surface area contributed by atoms with Gasteiger partial charge >= 0.3 is 6.03 Å². The van der Waals surface area contributed by atoms with Gasteiger partial charge in [-0.3, -0.25) is 9.78 Å². The number of nitrogens with one attached hydrogen (secondary N) is 1. The van der Waals surface area contributed by atoms with Crippen molar-refractivity contribution in [3.63, 3.8) is 0 Å². The van der Waals surface area contributed by atoms with Gasteiger partial charge in [0.2, 0.25) is 5.91 Å². The Morgan fingerprint density at radius 1 is 1.21 bits per heavy atom. The summed E-state index contributed by atoms with van der Waals surface area (Å²) in [6.07, 6.45) is 10.8. The lowest BCUT2D eigenvalue weighted by Gasteiger charge is -2.36. The van der Waals surface area contributed by atoms with Crippen LogP contribution in [0.5, 0.6) is 0 Å². The fourth-order valence-electron chi connectivity index (χ4n) is 4.28. The van der Waals surface area contributed by atoms with Crippen LogP contribution in [-0.2, 0) is 16.1 Å². The molecule has 0 aromatic carbocycles. The van der Waals surface area contributed by atoms with E-state index < -0.39 is 0 Å². The number of ether oxygens (including phenoxy) is 1. The monoisotopic (exact) mass is 402 g/mol. The highest BCUT2D eigenvalue weighted by molar-refractivity contribution is 5.79. The molecule has 3 amide bonds. The van der Waals surface area contributed by atoms with Crippen molar-refractivity contribution >= 4 is 11.9 Å². The molecule has 1 aromatic heterocycles. The maximum absolute atomic E-state index is 12.8. The highest BCUT2D eigenvalue weighted by Crippen LogP contribution is 2.26. The number of carbonyl (C=O) groups excluding carboxylic acids is 2. The minimum Gasteiger partial charge on any atom is -0.383 e. The summed E-state index contributed by atoms with van der Waals surface area (Å²) in [4.78, 5) is 33.5. The SMILES string of the molecule is COCCN(Cc1cccnc1)C(=O)NC1CCN(C(=O)C2CCCCC2)CC1. The molecule has 2 fully saturated rings. The number of piperidine rings is 1. The largest absolute Gasteiger partial charge is 0.383 e. The maximum atomic E-state index is 12.8. The molecule has 1 N–H and O–H groups in total. The van der Waals surface area contributed by atoms with E-state index in [1.165, 1.54) is 19.3 Å². The number of likely N-dealkylation sites (tertiary alicyclic amines) is 1. The quantitative estimate of drug-likeness (QED) is 0.761. The third-order valence-electron chi connectivity index (χ3n) is 6.04. The molecule has 29 heavy (non-hydrogen) atoms. The fourth-order valence-corrected chi connectivity index (χ4v) is 4.28. The lowest BCUT2D eigenvalue weighted by Crippen LogP contribution is -2.51. The van der Waals surface area contributed by atoms with Crippen LogP contribution >= 0.6 is 0 Å². The van der Waals surface area contributed by atoms with Gasteiger partial charge in [-0.05, 0) is 37.3 Å². The molecule has 1 aliphatic heterocycles. The van der Waals surface area contributed by atoms with Gasteiger partial charge in [-0.2, -0.15) is 0 Å². The molecule has 0 spiro atoms. The van der Waals surface area contributed by atoms with E-state index in [0.29, 0.717) is 25.6 Å². The molecule has 7 nitrogen and oxygen atoms in total. The van der Waals surface area contributed by atoms with Crippen LogP contribution in [0.25, 0.3) is 0 Å². The molecular formula is C22H34N4O3. The van der Waals surface area contributed by atoms with Gasteiger partial charge in [0.1, 0.15) is 0 Å². The number of methoxy groups -OCH3 is 1. The standard InChI is InChI=1S/C22H34N4O3/c1-29-15-14-26(17-18-6-5-11-23-16-18)22(28)24-20-9-12-25(13-10-20)21(27)19-7-3-2-4-8-19/h5-6,11,16,19-20H,2-4,7-10,12-15,17H2,1H3,(H,24,28). The zero-order valence-electron chi connectivity index (χ0n) is 17.5. The molecule has 3 rings (SSSR count). The fraction of sp³-hybridized carbons (Fsp3) is 0.682. The zero-order chi connectivity index (χ0) is 20.5. The second-order valence-electron chi connectivity index (χ2n) is 8.16. The molecule has 1 saturated heterocycles. The highest BCUT2D eigenvalue weighted by atomic mass is 16.5. The number of amides is 3. The van der Waals surface area contributed by atoms with Gasteiger partial charge in [-0.1, -0.05) is 25.3 Å². The van der Waals surface area contributed by atoms with Crippen LogP contribution in [0, 0.1) is 5.92 Å². The lowest BCUT2D eigenvalue weighted by molar-refractivity contribution is -0.137. The Balaban J connectivity index is 1.48. The molecular weight excluding hydrogens is 368 g/mol. The van der Waals surface area contributed by atoms with Gasteiger partial charge in [0.05, 0.1) is 6.61 Å². The van der Waals surface area contributed by atoms with E-state index in [1.54, 1.807) is 24.4 Å². The summed E-state index contributed by atoms with van der Waals surface area (Å²) < 4.78 is 5.17. The van der Waals surface area contributed by atoms with Crippen molar-refractivity contribution in [2.75, 3.05) is 33.4 Å². The van der Waals surface area contributed by atoms with Gasteiger partial charge in [0, 0.05) is 57.6 Å². The topological polar surface area (TPSA) is 74.8 Å². The third kappa shape index (κ3) is 6.42. The van der Waals surface area contributed by atoms with Gasteiger partial charge in [0.15, 0.2) is 0 Å². The molecule has 0 unspecified atom stereocenters. The Hall–Kier alpha value is -2.15. The zero-order valence-corrected chi connectivity index (χ0v) is 17.5. The second kappa shape index (κ2) is 11.1. The summed E-state index contributed by atoms with van der Waals surface area (Å²) in [5.74, 6) is 0.548. The molecule has 1 aliphatic carbocycles. The normalized spacial score (nSPS) is 18.4. The molecule has 2 heterocycles. The minimum atomic E-state index is -0.0806. The van der Waals surface area contributed by atoms with E-state index in [1.807, 2.05) is 17.0 Å². The first-order valence-electron chi connectivity index (χ1n) is 10.9. The van der Waals surface area contributed by atoms with Crippen LogP contribution in [-0.4, -0.2) is 66.1 Å². The molecule has 0 radical (unpaired) electrons. The van der Waals surface area contributed by atoms with Crippen molar-refractivity contribution in [2.24, 2.45) is 5.92 Å². The molecule has 7 heteroatoms. The van der Waals surface area contributed by atoms with Crippen molar-refractivity contribution in [3.8, 4) is 0 Å². The van der Waals surface area contributed by atoms with Gasteiger partial charge < -0.3 is 19.9 Å². The number of aromatic nitrogens is 1. The van der Waals surface area contributed by atoms with Crippen LogP contribution in [0.2, 0.25) is 0 Å². The van der Waals surface area contributed by atoms with E-state index in [4.69, 9.17) is 4.74 Å². The molecule has 0 bridgehead atoms. The number of nitrogens with zero attached hydrogens (tertiary/aromatic N) is 3. The summed E-state index contributed by atoms with van der Waals surface area (Å²) in [6, 6.07) is 3.87. The van der Waals surface area contributed by atoms with Crippen LogP contribution in [0.4, 0.5) is 4.79 Å². The van der Waals surface area contributed by atoms with Gasteiger partial charge in [0.25, 0.3) is 0 Å². The lowest BCUT2D eigenvalue weighted by atomic mass is 9.87. The number of urea groups is 1. The Morgan fingerprint density at radius 3 is 2.62 bits per heavy atom. The smallest absolute Gasteiger partial charge is 0.317 e. The molecule has 2 aliphatic rings. The first kappa shape index (κ1) is 21.6. The summed E-state index contributed by atoms with van der Waals surface area (Å²) in [7, 11) is 1.64. The average molecular weight is 403 g/mol. The first-order chi connectivity index (χ1) is 14.2. The van der Waals surface area contributed by atoms with E-state index in [-0.39, 0.29) is 18.0 Å². The number of rotatable bonds is 7. The van der Waals surface area contributed by atoms with E-state index in [2.05, 4.69) is 10.3 Å². The van der Waals surface area contributed by atoms with Crippen LogP contribution < -0.4 is 5.32 Å². The summed E-state index contributed by atoms with van der Waals surface area (Å²) >= 11 is 0. The van der Waals surface area contributed by atoms with Crippen molar-refractivity contribution in [2.45, 2.75) is 57.5 Å². The molecule has 160 valence electrons. The van der Waals surface area contributed by atoms with Gasteiger partial charge in [-0.15, -0.1) is 0 Å². The van der Waals surface area contributed by atoms with E-state index in [0.717, 1.165) is 44.3 Å². The average Bonchev–Trinajstić information content (AvgIpc) is 2.78. The van der Waals surface area contributed by atoms with Crippen molar-refractivity contribution in [3.05, 3.63) is 30.1 Å². The van der Waals surface area contributed by atoms with Crippen LogP contribution in [0.15, 0.2) is 24.5 Å². The molecule has 0 atom stereocenters. The minimum absolute atomic E-state index is 0.0806. The summed E-state index contributed by atoms with van der Waals surface area (Å²) in [5, 5.41) is 3.16. The summed E-state index contributed by atoms with van der Waals surface area (Å²) in [6.45, 7) is 2.99. The Bertz CT molecular complexity index is 641. The predicted octanol–water partition coefficient (Wildman–Crippen LogP) is 2.81.